The summed E-state index contributed by atoms with van der Waals surface area (Å²) in [6.45, 7) is 3.07. The van der Waals surface area contributed by atoms with Crippen molar-refractivity contribution in [1.82, 2.24) is 10.2 Å². The topological polar surface area (TPSA) is 15.3 Å². The zero-order chi connectivity index (χ0) is 15.1. The SMILES string of the molecule is CCC1CN(C2(C(F)(F)F)CC2)C(c2ccccc2)CN1. The van der Waals surface area contributed by atoms with Gasteiger partial charge in [0.05, 0.1) is 0 Å². The number of nitrogens with one attached hydrogen (secondary N) is 1. The van der Waals surface area contributed by atoms with Crippen LogP contribution in [0.15, 0.2) is 30.3 Å². The van der Waals surface area contributed by atoms with Gasteiger partial charge in [0.15, 0.2) is 0 Å². The predicted octanol–water partition coefficient (Wildman–Crippen LogP) is 3.51. The Balaban J connectivity index is 1.92. The first-order valence-electron chi connectivity index (χ1n) is 7.60. The van der Waals surface area contributed by atoms with Crippen LogP contribution in [0.25, 0.3) is 0 Å². The van der Waals surface area contributed by atoms with Crippen molar-refractivity contribution in [3.05, 3.63) is 35.9 Å². The number of halogens is 3. The van der Waals surface area contributed by atoms with Crippen molar-refractivity contribution in [3.63, 3.8) is 0 Å². The van der Waals surface area contributed by atoms with Crippen molar-refractivity contribution >= 4 is 0 Å². The molecule has 1 aromatic carbocycles. The fraction of sp³-hybridized carbons (Fsp3) is 0.625. The summed E-state index contributed by atoms with van der Waals surface area (Å²) in [5.41, 5.74) is -0.627. The van der Waals surface area contributed by atoms with Crippen molar-refractivity contribution in [2.24, 2.45) is 0 Å². The van der Waals surface area contributed by atoms with Gasteiger partial charge in [-0.05, 0) is 24.8 Å². The van der Waals surface area contributed by atoms with Gasteiger partial charge in [0.2, 0.25) is 0 Å². The Hall–Kier alpha value is -1.07. The van der Waals surface area contributed by atoms with Gasteiger partial charge >= 0.3 is 6.18 Å². The van der Waals surface area contributed by atoms with Gasteiger partial charge in [0.1, 0.15) is 5.54 Å². The molecule has 2 nitrogen and oxygen atoms in total. The van der Waals surface area contributed by atoms with Crippen LogP contribution >= 0.6 is 0 Å². The molecule has 0 radical (unpaired) electrons. The summed E-state index contributed by atoms with van der Waals surface area (Å²) >= 11 is 0. The second-order valence-corrected chi connectivity index (χ2v) is 6.12. The van der Waals surface area contributed by atoms with Gasteiger partial charge in [0, 0.05) is 25.2 Å². The smallest absolute Gasteiger partial charge is 0.311 e. The molecule has 1 heterocycles. The maximum Gasteiger partial charge on any atom is 0.406 e. The van der Waals surface area contributed by atoms with Gasteiger partial charge < -0.3 is 5.32 Å². The van der Waals surface area contributed by atoms with Crippen LogP contribution in [0.4, 0.5) is 13.2 Å². The van der Waals surface area contributed by atoms with E-state index in [-0.39, 0.29) is 24.9 Å². The highest BCUT2D eigenvalue weighted by molar-refractivity contribution is 5.24. The number of hydrogen-bond acceptors (Lipinski definition) is 2. The molecule has 0 spiro atoms. The first-order valence-corrected chi connectivity index (χ1v) is 7.60. The van der Waals surface area contributed by atoms with E-state index in [4.69, 9.17) is 0 Å². The van der Waals surface area contributed by atoms with Gasteiger partial charge in [-0.25, -0.2) is 0 Å². The van der Waals surface area contributed by atoms with E-state index in [1.807, 2.05) is 37.3 Å². The van der Waals surface area contributed by atoms with Crippen LogP contribution in [0.2, 0.25) is 0 Å². The number of hydrogen-bond donors (Lipinski definition) is 1. The van der Waals surface area contributed by atoms with Crippen LogP contribution in [0.5, 0.6) is 0 Å². The average molecular weight is 298 g/mol. The van der Waals surface area contributed by atoms with Crippen molar-refractivity contribution in [2.75, 3.05) is 13.1 Å². The summed E-state index contributed by atoms with van der Waals surface area (Å²) in [5, 5.41) is 3.39. The van der Waals surface area contributed by atoms with E-state index < -0.39 is 11.7 Å². The van der Waals surface area contributed by atoms with E-state index >= 15 is 0 Å². The molecule has 2 aliphatic rings. The zero-order valence-corrected chi connectivity index (χ0v) is 12.2. The van der Waals surface area contributed by atoms with Crippen LogP contribution in [0.1, 0.15) is 37.8 Å². The highest BCUT2D eigenvalue weighted by Gasteiger charge is 2.68. The molecular weight excluding hydrogens is 277 g/mol. The summed E-state index contributed by atoms with van der Waals surface area (Å²) in [5.74, 6) is 0. The van der Waals surface area contributed by atoms with Crippen molar-refractivity contribution < 1.29 is 13.2 Å². The zero-order valence-electron chi connectivity index (χ0n) is 12.2. The summed E-state index contributed by atoms with van der Waals surface area (Å²) in [6.07, 6.45) is -2.83. The predicted molar refractivity (Wildman–Crippen MR) is 76.0 cm³/mol. The Labute approximate surface area is 123 Å². The molecule has 1 saturated heterocycles. The summed E-state index contributed by atoms with van der Waals surface area (Å²) in [4.78, 5) is 1.72. The quantitative estimate of drug-likeness (QED) is 0.918. The van der Waals surface area contributed by atoms with Crippen LogP contribution in [0.3, 0.4) is 0 Å². The number of rotatable bonds is 3. The molecule has 0 bridgehead atoms. The molecule has 5 heteroatoms. The number of alkyl halides is 3. The molecule has 1 aromatic rings. The lowest BCUT2D eigenvalue weighted by atomic mass is 9.96. The van der Waals surface area contributed by atoms with Crippen molar-refractivity contribution in [1.29, 1.82) is 0 Å². The molecule has 2 atom stereocenters. The molecule has 1 aliphatic carbocycles. The highest BCUT2D eigenvalue weighted by Crippen LogP contribution is 2.56. The van der Waals surface area contributed by atoms with Gasteiger partial charge in [-0.2, -0.15) is 13.2 Å². The largest absolute Gasteiger partial charge is 0.406 e. The minimum atomic E-state index is -4.14. The minimum Gasteiger partial charge on any atom is -0.311 e. The number of piperazine rings is 1. The maximum atomic E-state index is 13.5. The normalized spacial score (nSPS) is 29.3. The third-order valence-electron chi connectivity index (χ3n) is 4.87. The van der Waals surface area contributed by atoms with Gasteiger partial charge in [-0.15, -0.1) is 0 Å². The van der Waals surface area contributed by atoms with E-state index in [1.54, 1.807) is 4.90 Å². The first kappa shape index (κ1) is 14.9. The second kappa shape index (κ2) is 5.29. The lowest BCUT2D eigenvalue weighted by molar-refractivity contribution is -0.207. The fourth-order valence-corrected chi connectivity index (χ4v) is 3.39. The molecular formula is C16H21F3N2. The average Bonchev–Trinajstić information content (AvgIpc) is 3.29. The molecule has 3 rings (SSSR count). The van der Waals surface area contributed by atoms with E-state index in [1.165, 1.54) is 0 Å². The third-order valence-corrected chi connectivity index (χ3v) is 4.87. The number of benzene rings is 1. The summed E-state index contributed by atoms with van der Waals surface area (Å²) in [7, 11) is 0. The summed E-state index contributed by atoms with van der Waals surface area (Å²) < 4.78 is 40.6. The maximum absolute atomic E-state index is 13.5. The van der Waals surface area contributed by atoms with E-state index in [0.717, 1.165) is 12.0 Å². The monoisotopic (exact) mass is 298 g/mol. The van der Waals surface area contributed by atoms with Crippen LogP contribution < -0.4 is 5.32 Å². The Bertz CT molecular complexity index is 482. The van der Waals surface area contributed by atoms with Crippen molar-refractivity contribution in [3.8, 4) is 0 Å². The molecule has 21 heavy (non-hydrogen) atoms. The Morgan fingerprint density at radius 3 is 2.43 bits per heavy atom. The molecule has 1 saturated carbocycles. The number of nitrogens with zero attached hydrogens (tertiary/aromatic N) is 1. The molecule has 1 N–H and O–H groups in total. The minimum absolute atomic E-state index is 0.143. The molecule has 116 valence electrons. The van der Waals surface area contributed by atoms with E-state index in [9.17, 15) is 13.2 Å². The molecule has 2 unspecified atom stereocenters. The van der Waals surface area contributed by atoms with Gasteiger partial charge in [-0.3, -0.25) is 4.90 Å². The molecule has 0 aromatic heterocycles. The Morgan fingerprint density at radius 1 is 1.24 bits per heavy atom. The third kappa shape index (κ3) is 2.57. The molecule has 1 aliphatic heterocycles. The summed E-state index contributed by atoms with van der Waals surface area (Å²) in [6, 6.07) is 9.49. The highest BCUT2D eigenvalue weighted by atomic mass is 19.4. The van der Waals surface area contributed by atoms with Crippen LogP contribution in [-0.2, 0) is 0 Å². The molecule has 0 amide bonds. The fourth-order valence-electron chi connectivity index (χ4n) is 3.39. The lowest BCUT2D eigenvalue weighted by Gasteiger charge is -2.45. The van der Waals surface area contributed by atoms with Crippen molar-refractivity contribution in [2.45, 2.75) is 50.0 Å². The van der Waals surface area contributed by atoms with Gasteiger partial charge in [-0.1, -0.05) is 37.3 Å². The van der Waals surface area contributed by atoms with Crippen LogP contribution in [-0.4, -0.2) is 35.7 Å². The first-order chi connectivity index (χ1) is 9.98. The van der Waals surface area contributed by atoms with Gasteiger partial charge in [0.25, 0.3) is 0 Å². The standard InChI is InChI=1S/C16H21F3N2/c1-2-13-11-21(15(8-9-15)16(17,18)19)14(10-20-13)12-6-4-3-5-7-12/h3-7,13-14,20H,2,8-11H2,1H3. The Morgan fingerprint density at radius 2 is 1.90 bits per heavy atom. The van der Waals surface area contributed by atoms with E-state index in [0.29, 0.717) is 13.1 Å². The molecule has 2 fully saturated rings. The Kier molecular flexibility index (Phi) is 3.74. The van der Waals surface area contributed by atoms with Crippen LogP contribution in [0, 0.1) is 0 Å². The lowest BCUT2D eigenvalue weighted by Crippen LogP contribution is -2.60. The van der Waals surface area contributed by atoms with E-state index in [2.05, 4.69) is 5.32 Å². The second-order valence-electron chi connectivity index (χ2n) is 6.12.